The van der Waals surface area contributed by atoms with Gasteiger partial charge in [0.05, 0.1) is 17.4 Å². The highest BCUT2D eigenvalue weighted by atomic mass is 16.1. The van der Waals surface area contributed by atoms with E-state index in [4.69, 9.17) is 0 Å². The highest BCUT2D eigenvalue weighted by Crippen LogP contribution is 2.25. The molecule has 136 valence electrons. The monoisotopic (exact) mass is 344 g/mol. The first-order chi connectivity index (χ1) is 12.0. The van der Waals surface area contributed by atoms with Crippen LogP contribution in [0.1, 0.15) is 55.4 Å². The normalized spacial score (nSPS) is 20.7. The highest BCUT2D eigenvalue weighted by Gasteiger charge is 2.31. The van der Waals surface area contributed by atoms with E-state index in [1.54, 1.807) is 6.20 Å². The average molecular weight is 344 g/mol. The molecule has 0 spiro atoms. The first-order valence-electron chi connectivity index (χ1n) is 9.09. The van der Waals surface area contributed by atoms with E-state index in [0.29, 0.717) is 6.42 Å². The van der Waals surface area contributed by atoms with E-state index in [1.807, 2.05) is 29.5 Å². The number of carbonyl (C=O) groups excluding carboxylic acids is 1. The molecule has 7 heteroatoms. The van der Waals surface area contributed by atoms with Gasteiger partial charge in [0.15, 0.2) is 0 Å². The van der Waals surface area contributed by atoms with Crippen molar-refractivity contribution in [2.45, 2.75) is 58.2 Å². The second kappa shape index (κ2) is 7.39. The molecule has 1 fully saturated rings. The smallest absolute Gasteiger partial charge is 0.220 e. The number of piperidine rings is 1. The molecule has 2 atom stereocenters. The summed E-state index contributed by atoms with van der Waals surface area (Å²) in [6.45, 7) is 5.08. The summed E-state index contributed by atoms with van der Waals surface area (Å²) in [4.78, 5) is 11.9. The second-order valence-corrected chi connectivity index (χ2v) is 6.65. The van der Waals surface area contributed by atoms with Crippen molar-refractivity contribution in [2.24, 2.45) is 14.1 Å². The van der Waals surface area contributed by atoms with Crippen LogP contribution < -0.4 is 10.6 Å². The highest BCUT2D eigenvalue weighted by molar-refractivity contribution is 5.77. The lowest BCUT2D eigenvalue weighted by atomic mass is 9.94. The minimum absolute atomic E-state index is 0.0550. The van der Waals surface area contributed by atoms with Gasteiger partial charge in [-0.15, -0.1) is 0 Å². The Morgan fingerprint density at radius 2 is 2.08 bits per heavy atom. The Morgan fingerprint density at radius 3 is 2.72 bits per heavy atom. The van der Waals surface area contributed by atoms with Crippen LogP contribution in [0.4, 0.5) is 0 Å². The van der Waals surface area contributed by atoms with Gasteiger partial charge >= 0.3 is 0 Å². The molecule has 7 nitrogen and oxygen atoms in total. The summed E-state index contributed by atoms with van der Waals surface area (Å²) in [5, 5.41) is 15.7. The van der Waals surface area contributed by atoms with E-state index in [-0.39, 0.29) is 18.0 Å². The summed E-state index contributed by atoms with van der Waals surface area (Å²) in [5.41, 5.74) is 4.77. The summed E-state index contributed by atoms with van der Waals surface area (Å²) >= 11 is 0. The number of aryl methyl sites for hydroxylation is 3. The molecule has 1 aliphatic rings. The molecule has 0 saturated carbocycles. The van der Waals surface area contributed by atoms with Gasteiger partial charge in [-0.25, -0.2) is 0 Å². The zero-order valence-electron chi connectivity index (χ0n) is 15.5. The molecule has 0 aliphatic carbocycles. The van der Waals surface area contributed by atoms with E-state index in [9.17, 15) is 4.79 Å². The van der Waals surface area contributed by atoms with Gasteiger partial charge in [0.25, 0.3) is 0 Å². The van der Waals surface area contributed by atoms with Crippen LogP contribution in [0, 0.1) is 0 Å². The molecule has 25 heavy (non-hydrogen) atoms. The zero-order chi connectivity index (χ0) is 18.0. The Labute approximate surface area is 148 Å². The van der Waals surface area contributed by atoms with Crippen molar-refractivity contribution in [2.75, 3.05) is 0 Å². The third kappa shape index (κ3) is 3.46. The summed E-state index contributed by atoms with van der Waals surface area (Å²) in [5.74, 6) is 0.106. The molecular formula is C18H28N6O. The van der Waals surface area contributed by atoms with Crippen LogP contribution >= 0.6 is 0 Å². The summed E-state index contributed by atoms with van der Waals surface area (Å²) in [7, 11) is 3.93. The van der Waals surface area contributed by atoms with Crippen LogP contribution in [0.3, 0.4) is 0 Å². The van der Waals surface area contributed by atoms with Crippen LogP contribution in [0.5, 0.6) is 0 Å². The number of hydrogen-bond acceptors (Lipinski definition) is 4. The number of hydrogen-bond donors (Lipinski definition) is 2. The first kappa shape index (κ1) is 17.7. The second-order valence-electron chi connectivity index (χ2n) is 6.65. The van der Waals surface area contributed by atoms with E-state index in [1.165, 1.54) is 11.3 Å². The molecule has 3 heterocycles. The zero-order valence-corrected chi connectivity index (χ0v) is 15.5. The van der Waals surface area contributed by atoms with Gasteiger partial charge in [-0.3, -0.25) is 14.2 Å². The summed E-state index contributed by atoms with van der Waals surface area (Å²) in [6.07, 6.45) is 5.05. The predicted octanol–water partition coefficient (Wildman–Crippen LogP) is 1.39. The van der Waals surface area contributed by atoms with Crippen molar-refractivity contribution in [3.8, 4) is 0 Å². The van der Waals surface area contributed by atoms with Crippen LogP contribution in [0.15, 0.2) is 12.3 Å². The van der Waals surface area contributed by atoms with Crippen LogP contribution in [-0.4, -0.2) is 31.5 Å². The van der Waals surface area contributed by atoms with E-state index in [2.05, 4.69) is 34.7 Å². The molecule has 0 unspecified atom stereocenters. The molecule has 1 aliphatic heterocycles. The third-order valence-electron chi connectivity index (χ3n) is 5.15. The predicted molar refractivity (Wildman–Crippen MR) is 95.9 cm³/mol. The van der Waals surface area contributed by atoms with E-state index >= 15 is 0 Å². The molecule has 2 aromatic heterocycles. The largest absolute Gasteiger partial charge is 0.346 e. The van der Waals surface area contributed by atoms with Crippen molar-refractivity contribution >= 4 is 5.91 Å². The first-order valence-corrected chi connectivity index (χ1v) is 9.09. The minimum atomic E-state index is -0.0550. The fourth-order valence-electron chi connectivity index (χ4n) is 3.82. The number of aromatic nitrogens is 4. The Morgan fingerprint density at radius 1 is 1.28 bits per heavy atom. The van der Waals surface area contributed by atoms with Crippen molar-refractivity contribution in [1.82, 2.24) is 30.2 Å². The number of nitrogens with zero attached hydrogens (tertiary/aromatic N) is 4. The Kier molecular flexibility index (Phi) is 5.22. The fraction of sp³-hybridized carbons (Fsp3) is 0.611. The standard InChI is InChI=1S/C18H28N6O/c1-5-13-12(15(6-2)24(4)22-13)11-19-14-7-8-17(25)21-18(14)16-9-10-20-23(16)3/h9-10,14,18-19H,5-8,11H2,1-4H3,(H,21,25)/t14-,18-/m1/s1. The van der Waals surface area contributed by atoms with E-state index in [0.717, 1.165) is 37.2 Å². The maximum atomic E-state index is 11.9. The van der Waals surface area contributed by atoms with Crippen molar-refractivity contribution < 1.29 is 4.79 Å². The Bertz CT molecular complexity index is 747. The van der Waals surface area contributed by atoms with Crippen molar-refractivity contribution in [3.05, 3.63) is 34.9 Å². The lowest BCUT2D eigenvalue weighted by Gasteiger charge is -2.33. The molecule has 3 rings (SSSR count). The lowest BCUT2D eigenvalue weighted by Crippen LogP contribution is -2.48. The Hall–Kier alpha value is -2.15. The van der Waals surface area contributed by atoms with Crippen LogP contribution in [-0.2, 0) is 38.3 Å². The van der Waals surface area contributed by atoms with Gasteiger partial charge in [0.2, 0.25) is 5.91 Å². The lowest BCUT2D eigenvalue weighted by molar-refractivity contribution is -0.124. The number of carbonyl (C=O) groups is 1. The van der Waals surface area contributed by atoms with E-state index < -0.39 is 0 Å². The molecule has 0 bridgehead atoms. The quantitative estimate of drug-likeness (QED) is 0.830. The summed E-state index contributed by atoms with van der Waals surface area (Å²) in [6, 6.07) is 2.10. The number of amides is 1. The number of nitrogens with one attached hydrogen (secondary N) is 2. The van der Waals surface area contributed by atoms with Gasteiger partial charge in [-0.1, -0.05) is 13.8 Å². The molecule has 1 saturated heterocycles. The molecule has 0 radical (unpaired) electrons. The maximum Gasteiger partial charge on any atom is 0.220 e. The Balaban J connectivity index is 1.79. The summed E-state index contributed by atoms with van der Waals surface area (Å²) < 4.78 is 3.83. The molecule has 1 amide bonds. The van der Waals surface area contributed by atoms with Gasteiger partial charge in [0, 0.05) is 50.6 Å². The van der Waals surface area contributed by atoms with Crippen LogP contribution in [0.2, 0.25) is 0 Å². The van der Waals surface area contributed by atoms with Crippen molar-refractivity contribution in [3.63, 3.8) is 0 Å². The van der Waals surface area contributed by atoms with Gasteiger partial charge in [-0.05, 0) is 25.3 Å². The van der Waals surface area contributed by atoms with Crippen molar-refractivity contribution in [1.29, 1.82) is 0 Å². The third-order valence-corrected chi connectivity index (χ3v) is 5.15. The van der Waals surface area contributed by atoms with Crippen LogP contribution in [0.25, 0.3) is 0 Å². The van der Waals surface area contributed by atoms with Gasteiger partial charge < -0.3 is 10.6 Å². The van der Waals surface area contributed by atoms with Gasteiger partial charge in [-0.2, -0.15) is 10.2 Å². The minimum Gasteiger partial charge on any atom is -0.346 e. The molecule has 0 aromatic carbocycles. The van der Waals surface area contributed by atoms with Gasteiger partial charge in [0.1, 0.15) is 0 Å². The average Bonchev–Trinajstić information content (AvgIpc) is 3.16. The SMILES string of the molecule is CCc1nn(C)c(CC)c1CN[C@@H]1CCC(=O)N[C@H]1c1ccnn1C. The number of rotatable bonds is 6. The molecule has 2 N–H and O–H groups in total. The molecular weight excluding hydrogens is 316 g/mol. The topological polar surface area (TPSA) is 76.8 Å². The maximum absolute atomic E-state index is 11.9. The molecule has 2 aromatic rings. The fourth-order valence-corrected chi connectivity index (χ4v) is 3.82.